The minimum absolute atomic E-state index is 0.178. The van der Waals surface area contributed by atoms with Crippen molar-refractivity contribution in [2.75, 3.05) is 0 Å². The highest BCUT2D eigenvalue weighted by atomic mass is 16.6. The van der Waals surface area contributed by atoms with Gasteiger partial charge in [-0.1, -0.05) is 12.2 Å². The Balaban J connectivity index is 1.59. The van der Waals surface area contributed by atoms with Crippen LogP contribution in [0, 0.1) is 41.4 Å². The molecule has 3 saturated carbocycles. The van der Waals surface area contributed by atoms with Crippen molar-refractivity contribution < 1.29 is 14.6 Å². The number of hydrogen-bond acceptors (Lipinski definition) is 3. The van der Waals surface area contributed by atoms with Gasteiger partial charge < -0.3 is 9.84 Å². The van der Waals surface area contributed by atoms with Crippen LogP contribution in [0.15, 0.2) is 12.2 Å². The van der Waals surface area contributed by atoms with E-state index in [1.54, 1.807) is 0 Å². The third kappa shape index (κ3) is 1.59. The molecule has 0 aromatic carbocycles. The van der Waals surface area contributed by atoms with Crippen LogP contribution in [0.2, 0.25) is 0 Å². The molecule has 0 aliphatic heterocycles. The Labute approximate surface area is 120 Å². The zero-order valence-corrected chi connectivity index (χ0v) is 12.5. The molecule has 4 aliphatic rings. The lowest BCUT2D eigenvalue weighted by atomic mass is 9.68. The molecule has 0 spiro atoms. The number of aliphatic hydroxyl groups is 1. The number of fused-ring (bicyclic) bond motifs is 9. The number of esters is 1. The van der Waals surface area contributed by atoms with Gasteiger partial charge in [0.1, 0.15) is 5.60 Å². The quantitative estimate of drug-likeness (QED) is 0.454. The van der Waals surface area contributed by atoms with E-state index in [0.717, 1.165) is 6.42 Å². The fraction of sp³-hybridized carbons (Fsp3) is 0.824. The molecule has 3 nitrogen and oxygen atoms in total. The topological polar surface area (TPSA) is 46.5 Å². The highest BCUT2D eigenvalue weighted by molar-refractivity contribution is 5.75. The van der Waals surface area contributed by atoms with Crippen LogP contribution < -0.4 is 0 Å². The van der Waals surface area contributed by atoms with Crippen LogP contribution in [-0.4, -0.2) is 22.8 Å². The Morgan fingerprint density at radius 2 is 1.70 bits per heavy atom. The second kappa shape index (κ2) is 3.88. The number of carbonyl (C=O) groups excluding carboxylic acids is 1. The molecule has 8 unspecified atom stereocenters. The summed E-state index contributed by atoms with van der Waals surface area (Å²) in [5.41, 5.74) is -0.466. The van der Waals surface area contributed by atoms with Crippen molar-refractivity contribution in [3.63, 3.8) is 0 Å². The van der Waals surface area contributed by atoms with E-state index in [1.165, 1.54) is 6.42 Å². The first kappa shape index (κ1) is 12.9. The smallest absolute Gasteiger partial charge is 0.312 e. The summed E-state index contributed by atoms with van der Waals surface area (Å²) in [7, 11) is 0. The van der Waals surface area contributed by atoms with E-state index in [-0.39, 0.29) is 11.9 Å². The highest BCUT2D eigenvalue weighted by Gasteiger charge is 2.66. The fourth-order valence-electron chi connectivity index (χ4n) is 5.69. The van der Waals surface area contributed by atoms with Crippen molar-refractivity contribution in [2.24, 2.45) is 41.4 Å². The molecule has 0 radical (unpaired) electrons. The first-order chi connectivity index (χ1) is 9.37. The lowest BCUT2D eigenvalue weighted by molar-refractivity contribution is -0.169. The van der Waals surface area contributed by atoms with E-state index >= 15 is 0 Å². The molecule has 0 aromatic heterocycles. The number of ether oxygens (including phenoxy) is 1. The lowest BCUT2D eigenvalue weighted by Crippen LogP contribution is -2.45. The van der Waals surface area contributed by atoms with Crippen molar-refractivity contribution in [3.05, 3.63) is 12.2 Å². The monoisotopic (exact) mass is 276 g/mol. The minimum atomic E-state index is -0.483. The zero-order chi connectivity index (χ0) is 14.2. The predicted octanol–water partition coefficient (Wildman–Crippen LogP) is 2.39. The molecule has 3 heteroatoms. The van der Waals surface area contributed by atoms with Crippen LogP contribution in [-0.2, 0) is 9.53 Å². The Morgan fingerprint density at radius 3 is 2.30 bits per heavy atom. The Kier molecular flexibility index (Phi) is 2.50. The van der Waals surface area contributed by atoms with E-state index in [4.69, 9.17) is 4.74 Å². The van der Waals surface area contributed by atoms with Gasteiger partial charge in [-0.25, -0.2) is 0 Å². The van der Waals surface area contributed by atoms with Crippen molar-refractivity contribution >= 4 is 5.97 Å². The molecule has 1 N–H and O–H groups in total. The lowest BCUT2D eigenvalue weighted by Gasteiger charge is -2.39. The Hall–Kier alpha value is -0.830. The number of rotatable bonds is 1. The first-order valence-electron chi connectivity index (χ1n) is 7.96. The van der Waals surface area contributed by atoms with Crippen molar-refractivity contribution in [1.29, 1.82) is 0 Å². The molecule has 4 aliphatic carbocycles. The predicted molar refractivity (Wildman–Crippen MR) is 74.7 cm³/mol. The maximum atomic E-state index is 12.5. The molecule has 4 bridgehead atoms. The van der Waals surface area contributed by atoms with Gasteiger partial charge in [0, 0.05) is 0 Å². The molecule has 20 heavy (non-hydrogen) atoms. The van der Waals surface area contributed by atoms with Gasteiger partial charge in [-0.2, -0.15) is 0 Å². The average molecular weight is 276 g/mol. The summed E-state index contributed by atoms with van der Waals surface area (Å²) in [5.74, 6) is 2.76. The van der Waals surface area contributed by atoms with Crippen LogP contribution >= 0.6 is 0 Å². The van der Waals surface area contributed by atoms with Crippen molar-refractivity contribution in [2.45, 2.75) is 45.3 Å². The van der Waals surface area contributed by atoms with Gasteiger partial charge in [0.2, 0.25) is 0 Å². The van der Waals surface area contributed by atoms with Gasteiger partial charge >= 0.3 is 5.97 Å². The molecular weight excluding hydrogens is 252 g/mol. The largest absolute Gasteiger partial charge is 0.460 e. The van der Waals surface area contributed by atoms with Crippen molar-refractivity contribution in [3.8, 4) is 0 Å². The fourth-order valence-corrected chi connectivity index (χ4v) is 5.69. The van der Waals surface area contributed by atoms with Crippen LogP contribution in [0.3, 0.4) is 0 Å². The summed E-state index contributed by atoms with van der Waals surface area (Å²) in [6, 6.07) is 0. The van der Waals surface area contributed by atoms with Gasteiger partial charge in [-0.05, 0) is 69.1 Å². The van der Waals surface area contributed by atoms with E-state index < -0.39 is 11.7 Å². The Bertz CT molecular complexity index is 475. The summed E-state index contributed by atoms with van der Waals surface area (Å²) in [6.07, 6.45) is 6.49. The maximum absolute atomic E-state index is 12.5. The van der Waals surface area contributed by atoms with Crippen LogP contribution in [0.5, 0.6) is 0 Å². The van der Waals surface area contributed by atoms with Crippen LogP contribution in [0.1, 0.15) is 33.6 Å². The third-order valence-corrected chi connectivity index (χ3v) is 6.06. The number of allylic oxidation sites excluding steroid dienone is 2. The molecule has 4 rings (SSSR count). The maximum Gasteiger partial charge on any atom is 0.312 e. The minimum Gasteiger partial charge on any atom is -0.460 e. The molecule has 0 amide bonds. The van der Waals surface area contributed by atoms with E-state index in [9.17, 15) is 9.90 Å². The number of hydrogen-bond donors (Lipinski definition) is 1. The zero-order valence-electron chi connectivity index (χ0n) is 12.5. The number of aliphatic hydroxyl groups excluding tert-OH is 1. The van der Waals surface area contributed by atoms with Crippen LogP contribution in [0.4, 0.5) is 0 Å². The van der Waals surface area contributed by atoms with Gasteiger partial charge in [0.25, 0.3) is 0 Å². The van der Waals surface area contributed by atoms with Gasteiger partial charge in [0.05, 0.1) is 12.0 Å². The molecule has 0 heterocycles. The van der Waals surface area contributed by atoms with E-state index in [2.05, 4.69) is 12.2 Å². The van der Waals surface area contributed by atoms with Crippen molar-refractivity contribution in [1.82, 2.24) is 0 Å². The summed E-state index contributed by atoms with van der Waals surface area (Å²) < 4.78 is 5.56. The Morgan fingerprint density at radius 1 is 1.10 bits per heavy atom. The van der Waals surface area contributed by atoms with E-state index in [1.807, 2.05) is 20.8 Å². The number of carbonyl (C=O) groups is 1. The van der Waals surface area contributed by atoms with E-state index in [0.29, 0.717) is 35.5 Å². The molecule has 3 fully saturated rings. The normalized spacial score (nSPS) is 51.6. The van der Waals surface area contributed by atoms with Crippen LogP contribution in [0.25, 0.3) is 0 Å². The molecule has 110 valence electrons. The summed E-state index contributed by atoms with van der Waals surface area (Å²) in [4.78, 5) is 12.5. The SMILES string of the molecule is CC(C)(C)OC(=O)C1C(O)C2CC1C1C3C=CC(C3)C21. The molecule has 0 saturated heterocycles. The van der Waals surface area contributed by atoms with Gasteiger partial charge in [-0.15, -0.1) is 0 Å². The third-order valence-electron chi connectivity index (χ3n) is 6.06. The summed E-state index contributed by atoms with van der Waals surface area (Å²) in [6.45, 7) is 5.69. The molecule has 8 atom stereocenters. The second-order valence-corrected chi connectivity index (χ2v) is 8.22. The molecule has 0 aromatic rings. The standard InChI is InChI=1S/C17H24O3/c1-17(2,3)20-16(19)14-10-7-11(15(14)18)13-9-5-4-8(6-9)12(10)13/h4-5,8-15,18H,6-7H2,1-3H3. The second-order valence-electron chi connectivity index (χ2n) is 8.22. The molecular formula is C17H24O3. The van der Waals surface area contributed by atoms with Gasteiger partial charge in [-0.3, -0.25) is 4.79 Å². The average Bonchev–Trinajstić information content (AvgIpc) is 3.02. The summed E-state index contributed by atoms with van der Waals surface area (Å²) >= 11 is 0. The highest BCUT2D eigenvalue weighted by Crippen LogP contribution is 2.67. The first-order valence-corrected chi connectivity index (χ1v) is 7.96. The summed E-state index contributed by atoms with van der Waals surface area (Å²) in [5, 5.41) is 10.6. The van der Waals surface area contributed by atoms with Gasteiger partial charge in [0.15, 0.2) is 0 Å².